The maximum atomic E-state index is 6.58. The lowest BCUT2D eigenvalue weighted by Gasteiger charge is -2.28. The maximum Gasteiger partial charge on any atom is 0.0369 e. The maximum absolute atomic E-state index is 6.58. The Morgan fingerprint density at radius 2 is 0.652 bits per heavy atom. The fourth-order valence-corrected chi connectivity index (χ4v) is 7.04. The Hall–Kier alpha value is -0.160. The van der Waals surface area contributed by atoms with E-state index in [9.17, 15) is 0 Å². The highest BCUT2D eigenvalue weighted by molar-refractivity contribution is 4.86. The highest BCUT2D eigenvalue weighted by Gasteiger charge is 2.20. The van der Waals surface area contributed by atoms with E-state index < -0.39 is 0 Å². The number of nitrogens with two attached hydrogens (primary N) is 2. The van der Waals surface area contributed by atoms with Crippen molar-refractivity contribution in [1.29, 1.82) is 0 Å². The van der Waals surface area contributed by atoms with Crippen molar-refractivity contribution in [1.82, 2.24) is 10.6 Å². The highest BCUT2D eigenvalue weighted by Crippen LogP contribution is 2.15. The number of nitrogens with one attached hydrogen (secondary N) is 2. The Morgan fingerprint density at radius 3 is 0.957 bits per heavy atom. The molecule has 0 fully saturated rings. The third-order valence-electron chi connectivity index (χ3n) is 10.3. The van der Waals surface area contributed by atoms with Crippen LogP contribution >= 0.6 is 0 Å². The van der Waals surface area contributed by atoms with Crippen molar-refractivity contribution >= 4 is 0 Å². The zero-order valence-electron chi connectivity index (χ0n) is 32.3. The van der Waals surface area contributed by atoms with Crippen LogP contribution in [-0.4, -0.2) is 37.8 Å². The molecular formula is C42H90N4. The summed E-state index contributed by atoms with van der Waals surface area (Å²) < 4.78 is 0. The van der Waals surface area contributed by atoms with E-state index in [0.717, 1.165) is 26.1 Å². The van der Waals surface area contributed by atoms with Gasteiger partial charge in [0.15, 0.2) is 0 Å². The monoisotopic (exact) mass is 651 g/mol. The van der Waals surface area contributed by atoms with Crippen LogP contribution in [0.4, 0.5) is 0 Å². The van der Waals surface area contributed by atoms with E-state index in [1.165, 1.54) is 205 Å². The second kappa shape index (κ2) is 39.3. The molecule has 278 valence electrons. The van der Waals surface area contributed by atoms with Gasteiger partial charge in [0.2, 0.25) is 0 Å². The average Bonchev–Trinajstić information content (AvgIpc) is 3.05. The Labute approximate surface area is 291 Å². The SMILES string of the molecule is CCCCCCCCCCCCCCCCCCNCCC(N)C(NCCCCCCCCCCCCCCCCCC)C(C)N. The first-order valence-corrected chi connectivity index (χ1v) is 21.6. The molecular weight excluding hydrogens is 560 g/mol. The lowest BCUT2D eigenvalue weighted by molar-refractivity contribution is 0.358. The second-order valence-corrected chi connectivity index (χ2v) is 15.1. The predicted octanol–water partition coefficient (Wildman–Crippen LogP) is 12.1. The number of hydrogen-bond donors (Lipinski definition) is 4. The Kier molecular flexibility index (Phi) is 39.1. The summed E-state index contributed by atoms with van der Waals surface area (Å²) in [5, 5.41) is 7.34. The molecule has 0 saturated carbocycles. The van der Waals surface area contributed by atoms with Crippen LogP contribution in [0.15, 0.2) is 0 Å². The van der Waals surface area contributed by atoms with Gasteiger partial charge in [-0.1, -0.05) is 206 Å². The van der Waals surface area contributed by atoms with Gasteiger partial charge in [-0.3, -0.25) is 0 Å². The van der Waals surface area contributed by atoms with E-state index in [2.05, 4.69) is 31.4 Å². The number of rotatable bonds is 40. The van der Waals surface area contributed by atoms with Crippen LogP contribution in [0.5, 0.6) is 0 Å². The summed E-state index contributed by atoms with van der Waals surface area (Å²) in [5.41, 5.74) is 12.9. The van der Waals surface area contributed by atoms with Gasteiger partial charge in [-0.2, -0.15) is 0 Å². The molecule has 0 saturated heterocycles. The molecule has 0 aromatic rings. The van der Waals surface area contributed by atoms with Crippen LogP contribution in [0.1, 0.15) is 233 Å². The minimum absolute atomic E-state index is 0.0939. The summed E-state index contributed by atoms with van der Waals surface area (Å²) in [6.45, 7) is 9.88. The Balaban J connectivity index is 3.46. The van der Waals surface area contributed by atoms with Crippen molar-refractivity contribution in [2.75, 3.05) is 19.6 Å². The van der Waals surface area contributed by atoms with Gasteiger partial charge in [-0.15, -0.1) is 0 Å². The molecule has 4 heteroatoms. The van der Waals surface area contributed by atoms with Crippen LogP contribution < -0.4 is 22.1 Å². The van der Waals surface area contributed by atoms with Gasteiger partial charge < -0.3 is 22.1 Å². The summed E-state index contributed by atoms with van der Waals surface area (Å²) in [6.07, 6.45) is 46.4. The zero-order valence-corrected chi connectivity index (χ0v) is 32.3. The summed E-state index contributed by atoms with van der Waals surface area (Å²) in [5.74, 6) is 0. The first-order valence-electron chi connectivity index (χ1n) is 21.6. The normalized spacial score (nSPS) is 13.8. The third kappa shape index (κ3) is 35.2. The molecule has 0 heterocycles. The van der Waals surface area contributed by atoms with Gasteiger partial charge >= 0.3 is 0 Å². The largest absolute Gasteiger partial charge is 0.326 e. The molecule has 0 amide bonds. The minimum atomic E-state index is 0.0939. The number of hydrogen-bond acceptors (Lipinski definition) is 4. The van der Waals surface area contributed by atoms with Gasteiger partial charge in [-0.05, 0) is 45.8 Å². The van der Waals surface area contributed by atoms with Crippen molar-refractivity contribution in [2.45, 2.75) is 251 Å². The summed E-state index contributed by atoms with van der Waals surface area (Å²) >= 11 is 0. The van der Waals surface area contributed by atoms with Crippen LogP contribution in [0, 0.1) is 0 Å². The van der Waals surface area contributed by atoms with Crippen LogP contribution in [0.25, 0.3) is 0 Å². The molecule has 3 unspecified atom stereocenters. The second-order valence-electron chi connectivity index (χ2n) is 15.1. The van der Waals surface area contributed by atoms with Crippen LogP contribution in [0.3, 0.4) is 0 Å². The Morgan fingerprint density at radius 1 is 0.370 bits per heavy atom. The molecule has 0 aromatic carbocycles. The average molecular weight is 651 g/mol. The molecule has 4 nitrogen and oxygen atoms in total. The van der Waals surface area contributed by atoms with Crippen molar-refractivity contribution in [3.8, 4) is 0 Å². The van der Waals surface area contributed by atoms with E-state index in [1.54, 1.807) is 0 Å². The van der Waals surface area contributed by atoms with E-state index in [-0.39, 0.29) is 18.1 Å². The van der Waals surface area contributed by atoms with Gasteiger partial charge in [0, 0.05) is 18.1 Å². The highest BCUT2D eigenvalue weighted by atomic mass is 15.0. The van der Waals surface area contributed by atoms with Crippen molar-refractivity contribution < 1.29 is 0 Å². The van der Waals surface area contributed by atoms with E-state index in [4.69, 9.17) is 11.5 Å². The van der Waals surface area contributed by atoms with Gasteiger partial charge in [0.05, 0.1) is 0 Å². The molecule has 0 radical (unpaired) electrons. The molecule has 0 rings (SSSR count). The lowest BCUT2D eigenvalue weighted by Crippen LogP contribution is -2.55. The first-order chi connectivity index (χ1) is 22.6. The molecule has 0 aromatic heterocycles. The lowest BCUT2D eigenvalue weighted by atomic mass is 9.99. The molecule has 0 aliphatic rings. The molecule has 0 bridgehead atoms. The van der Waals surface area contributed by atoms with Crippen LogP contribution in [-0.2, 0) is 0 Å². The van der Waals surface area contributed by atoms with Crippen molar-refractivity contribution in [3.63, 3.8) is 0 Å². The molecule has 46 heavy (non-hydrogen) atoms. The minimum Gasteiger partial charge on any atom is -0.326 e. The van der Waals surface area contributed by atoms with Crippen molar-refractivity contribution in [3.05, 3.63) is 0 Å². The van der Waals surface area contributed by atoms with Crippen LogP contribution in [0.2, 0.25) is 0 Å². The van der Waals surface area contributed by atoms with Gasteiger partial charge in [-0.25, -0.2) is 0 Å². The molecule has 0 aliphatic heterocycles. The molecule has 3 atom stereocenters. The quantitative estimate of drug-likeness (QED) is 0.0498. The Bertz CT molecular complexity index is 540. The first kappa shape index (κ1) is 45.8. The molecule has 0 spiro atoms. The number of unbranched alkanes of at least 4 members (excludes halogenated alkanes) is 30. The molecule has 6 N–H and O–H groups in total. The smallest absolute Gasteiger partial charge is 0.0369 e. The molecule has 0 aliphatic carbocycles. The summed E-state index contributed by atoms with van der Waals surface area (Å²) in [4.78, 5) is 0. The van der Waals surface area contributed by atoms with E-state index in [0.29, 0.717) is 0 Å². The third-order valence-corrected chi connectivity index (χ3v) is 10.3. The standard InChI is InChI=1S/C42H90N4/c1-4-6-8-10-12-14-16-18-20-22-24-26-28-30-32-34-37-45-39-36-41(44)42(40(3)43)46-38-35-33-31-29-27-25-23-21-19-17-15-13-11-9-7-5-2/h40-42,45-46H,4-39,43-44H2,1-3H3. The van der Waals surface area contributed by atoms with Gasteiger partial charge in [0.1, 0.15) is 0 Å². The van der Waals surface area contributed by atoms with E-state index >= 15 is 0 Å². The summed E-state index contributed by atoms with van der Waals surface area (Å²) in [6, 6.07) is 0.435. The van der Waals surface area contributed by atoms with Gasteiger partial charge in [0.25, 0.3) is 0 Å². The van der Waals surface area contributed by atoms with Crippen molar-refractivity contribution in [2.24, 2.45) is 11.5 Å². The fraction of sp³-hybridized carbons (Fsp3) is 1.00. The zero-order chi connectivity index (χ0) is 33.6. The predicted molar refractivity (Wildman–Crippen MR) is 210 cm³/mol. The summed E-state index contributed by atoms with van der Waals surface area (Å²) in [7, 11) is 0. The topological polar surface area (TPSA) is 76.1 Å². The van der Waals surface area contributed by atoms with E-state index in [1.807, 2.05) is 0 Å². The fourth-order valence-electron chi connectivity index (χ4n) is 7.04.